The molecule has 0 fully saturated rings. The van der Waals surface area contributed by atoms with Crippen LogP contribution in [0.15, 0.2) is 39.3 Å². The second kappa shape index (κ2) is 6.20. The Bertz CT molecular complexity index is 694. The summed E-state index contributed by atoms with van der Waals surface area (Å²) < 4.78 is 27.6. The molecule has 0 saturated heterocycles. The first kappa shape index (κ1) is 15.4. The van der Waals surface area contributed by atoms with Crippen LogP contribution in [-0.2, 0) is 0 Å². The van der Waals surface area contributed by atoms with Crippen molar-refractivity contribution in [3.63, 3.8) is 0 Å². The van der Waals surface area contributed by atoms with Crippen molar-refractivity contribution in [3.8, 4) is 0 Å². The molecule has 0 aliphatic rings. The molecule has 2 nitrogen and oxygen atoms in total. The number of hydrogen-bond donors (Lipinski definition) is 1. The van der Waals surface area contributed by atoms with Crippen LogP contribution in [0, 0.1) is 11.6 Å². The molecular weight excluding hydrogens is 419 g/mol. The molecule has 0 spiro atoms. The zero-order valence-electron chi connectivity index (χ0n) is 9.68. The van der Waals surface area contributed by atoms with E-state index >= 15 is 0 Å². The van der Waals surface area contributed by atoms with Gasteiger partial charge in [-0.2, -0.15) is 0 Å². The monoisotopic (exact) mass is 423 g/mol. The van der Waals surface area contributed by atoms with Crippen molar-refractivity contribution in [1.82, 2.24) is 0 Å². The van der Waals surface area contributed by atoms with Gasteiger partial charge in [0, 0.05) is 10.5 Å². The van der Waals surface area contributed by atoms with E-state index < -0.39 is 17.5 Å². The van der Waals surface area contributed by atoms with E-state index in [2.05, 4.69) is 37.2 Å². The smallest absolute Gasteiger partial charge is 0.257 e. The van der Waals surface area contributed by atoms with E-state index in [1.165, 1.54) is 12.1 Å². The Morgan fingerprint density at radius 2 is 1.80 bits per heavy atom. The maximum absolute atomic E-state index is 13.6. The molecule has 0 aromatic heterocycles. The predicted molar refractivity (Wildman–Crippen MR) is 81.2 cm³/mol. The molecule has 2 aromatic rings. The molecule has 104 valence electrons. The van der Waals surface area contributed by atoms with Crippen LogP contribution in [0.2, 0.25) is 5.02 Å². The number of carbonyl (C=O) groups excluding carboxylic acids is 1. The number of halogens is 5. The van der Waals surface area contributed by atoms with Gasteiger partial charge in [0.05, 0.1) is 20.7 Å². The third kappa shape index (κ3) is 3.37. The van der Waals surface area contributed by atoms with E-state index in [0.717, 1.165) is 12.1 Å². The average Bonchev–Trinajstić information content (AvgIpc) is 2.38. The Labute approximate surface area is 135 Å². The van der Waals surface area contributed by atoms with Gasteiger partial charge in [-0.3, -0.25) is 4.79 Å². The minimum Gasteiger partial charge on any atom is -0.319 e. The lowest BCUT2D eigenvalue weighted by atomic mass is 10.2. The van der Waals surface area contributed by atoms with Crippen molar-refractivity contribution in [2.45, 2.75) is 0 Å². The van der Waals surface area contributed by atoms with Gasteiger partial charge < -0.3 is 5.32 Å². The van der Waals surface area contributed by atoms with Gasteiger partial charge in [0.1, 0.15) is 11.6 Å². The second-order valence-electron chi connectivity index (χ2n) is 3.82. The maximum Gasteiger partial charge on any atom is 0.257 e. The highest BCUT2D eigenvalue weighted by Gasteiger charge is 2.15. The molecule has 1 N–H and O–H groups in total. The fourth-order valence-corrected chi connectivity index (χ4v) is 2.36. The van der Waals surface area contributed by atoms with Crippen LogP contribution in [0.5, 0.6) is 0 Å². The van der Waals surface area contributed by atoms with E-state index in [9.17, 15) is 13.6 Å². The average molecular weight is 425 g/mol. The van der Waals surface area contributed by atoms with Crippen LogP contribution in [0.1, 0.15) is 10.4 Å². The summed E-state index contributed by atoms with van der Waals surface area (Å²) in [5, 5.41) is 2.49. The fraction of sp³-hybridized carbons (Fsp3) is 0. The molecule has 7 heteroatoms. The van der Waals surface area contributed by atoms with Gasteiger partial charge >= 0.3 is 0 Å². The first-order valence-electron chi connectivity index (χ1n) is 5.29. The van der Waals surface area contributed by atoms with Crippen molar-refractivity contribution in [3.05, 3.63) is 61.5 Å². The van der Waals surface area contributed by atoms with Gasteiger partial charge in [0.15, 0.2) is 0 Å². The quantitative estimate of drug-likeness (QED) is 0.642. The van der Waals surface area contributed by atoms with Crippen LogP contribution >= 0.6 is 43.5 Å². The maximum atomic E-state index is 13.6. The van der Waals surface area contributed by atoms with Crippen molar-refractivity contribution >= 4 is 55.1 Å². The highest BCUT2D eigenvalue weighted by molar-refractivity contribution is 9.10. The van der Waals surface area contributed by atoms with Crippen LogP contribution in [0.4, 0.5) is 14.5 Å². The summed E-state index contributed by atoms with van der Waals surface area (Å²) in [7, 11) is 0. The minimum atomic E-state index is -0.752. The van der Waals surface area contributed by atoms with Crippen LogP contribution in [0.3, 0.4) is 0 Å². The standard InChI is InChI=1S/C13H6Br2ClF2NO/c14-6-1-2-9(16)7(3-6)13(20)19-12-5-10(17)8(15)4-11(12)18/h1-5H,(H,19,20). The Kier molecular flexibility index (Phi) is 4.78. The normalized spacial score (nSPS) is 10.4. The third-order valence-corrected chi connectivity index (χ3v) is 3.86. The first-order chi connectivity index (χ1) is 9.38. The van der Waals surface area contributed by atoms with Gasteiger partial charge in [-0.05, 0) is 40.2 Å². The van der Waals surface area contributed by atoms with Crippen LogP contribution in [0.25, 0.3) is 0 Å². The van der Waals surface area contributed by atoms with Gasteiger partial charge in [-0.25, -0.2) is 8.78 Å². The molecule has 1 amide bonds. The molecule has 2 rings (SSSR count). The topological polar surface area (TPSA) is 29.1 Å². The van der Waals surface area contributed by atoms with Gasteiger partial charge in [-0.15, -0.1) is 0 Å². The summed E-state index contributed by atoms with van der Waals surface area (Å²) in [6.07, 6.45) is 0. The molecule has 0 saturated carbocycles. The Morgan fingerprint density at radius 3 is 2.50 bits per heavy atom. The van der Waals surface area contributed by atoms with E-state index in [1.54, 1.807) is 6.07 Å². The van der Waals surface area contributed by atoms with Crippen molar-refractivity contribution in [2.24, 2.45) is 0 Å². The Balaban J connectivity index is 2.32. The highest BCUT2D eigenvalue weighted by atomic mass is 79.9. The molecule has 0 atom stereocenters. The number of amides is 1. The summed E-state index contributed by atoms with van der Waals surface area (Å²) in [4.78, 5) is 12.0. The van der Waals surface area contributed by atoms with Gasteiger partial charge in [0.25, 0.3) is 5.91 Å². The lowest BCUT2D eigenvalue weighted by Crippen LogP contribution is -2.14. The van der Waals surface area contributed by atoms with Crippen molar-refractivity contribution in [1.29, 1.82) is 0 Å². The number of nitrogens with one attached hydrogen (secondary N) is 1. The van der Waals surface area contributed by atoms with Crippen molar-refractivity contribution < 1.29 is 13.6 Å². The number of rotatable bonds is 2. The largest absolute Gasteiger partial charge is 0.319 e. The summed E-state index contributed by atoms with van der Waals surface area (Å²) in [5.74, 6) is -2.06. The lowest BCUT2D eigenvalue weighted by Gasteiger charge is -2.09. The molecule has 0 heterocycles. The minimum absolute atomic E-state index is 0.0199. The molecule has 0 unspecified atom stereocenters. The molecule has 0 aliphatic carbocycles. The van der Waals surface area contributed by atoms with E-state index in [4.69, 9.17) is 11.6 Å². The molecule has 0 radical (unpaired) electrons. The Hall–Kier alpha value is -0.980. The number of carbonyl (C=O) groups is 1. The van der Waals surface area contributed by atoms with E-state index in [-0.39, 0.29) is 20.7 Å². The zero-order chi connectivity index (χ0) is 14.9. The molecule has 0 aliphatic heterocycles. The highest BCUT2D eigenvalue weighted by Crippen LogP contribution is 2.26. The third-order valence-electron chi connectivity index (χ3n) is 2.43. The SMILES string of the molecule is O=C(Nc1cc(F)c(Br)cc1F)c1cc(Br)ccc1Cl. The number of anilines is 1. The summed E-state index contributed by atoms with van der Waals surface area (Å²) in [5.41, 5.74) is -0.101. The van der Waals surface area contributed by atoms with E-state index in [0.29, 0.717) is 4.47 Å². The Morgan fingerprint density at radius 1 is 1.10 bits per heavy atom. The predicted octanol–water partition coefficient (Wildman–Crippen LogP) is 5.40. The fourth-order valence-electron chi connectivity index (χ4n) is 1.48. The number of hydrogen-bond acceptors (Lipinski definition) is 1. The molecule has 0 bridgehead atoms. The summed E-state index contributed by atoms with van der Waals surface area (Å²) in [6, 6.07) is 6.51. The first-order valence-corrected chi connectivity index (χ1v) is 7.26. The van der Waals surface area contributed by atoms with Gasteiger partial charge in [0.2, 0.25) is 0 Å². The van der Waals surface area contributed by atoms with E-state index in [1.807, 2.05) is 0 Å². The summed E-state index contributed by atoms with van der Waals surface area (Å²) in [6.45, 7) is 0. The second-order valence-corrected chi connectivity index (χ2v) is 6.00. The van der Waals surface area contributed by atoms with Crippen molar-refractivity contribution in [2.75, 3.05) is 5.32 Å². The molecular formula is C13H6Br2ClF2NO. The number of benzene rings is 2. The van der Waals surface area contributed by atoms with Crippen LogP contribution in [-0.4, -0.2) is 5.91 Å². The summed E-state index contributed by atoms with van der Waals surface area (Å²) >= 11 is 12.0. The van der Waals surface area contributed by atoms with Crippen LogP contribution < -0.4 is 5.32 Å². The molecule has 20 heavy (non-hydrogen) atoms. The van der Waals surface area contributed by atoms with Gasteiger partial charge in [-0.1, -0.05) is 27.5 Å². The lowest BCUT2D eigenvalue weighted by molar-refractivity contribution is 0.102. The zero-order valence-corrected chi connectivity index (χ0v) is 13.6. The molecule has 2 aromatic carbocycles.